The lowest BCUT2D eigenvalue weighted by Gasteiger charge is -2.32. The number of allylic oxidation sites excluding steroid dienone is 1. The molecule has 1 saturated heterocycles. The van der Waals surface area contributed by atoms with Crippen LogP contribution in [0, 0.1) is 0 Å². The van der Waals surface area contributed by atoms with E-state index in [2.05, 4.69) is 30.2 Å². The number of carbonyl (C=O) groups excluding carboxylic acids is 1. The fourth-order valence-electron chi connectivity index (χ4n) is 4.47. The number of urea groups is 1. The summed E-state index contributed by atoms with van der Waals surface area (Å²) in [6.45, 7) is 5.74. The molecule has 0 aromatic carbocycles. The van der Waals surface area contributed by atoms with Gasteiger partial charge in [-0.05, 0) is 31.7 Å². The molecule has 3 aromatic rings. The van der Waals surface area contributed by atoms with Crippen molar-refractivity contribution in [1.82, 2.24) is 34.2 Å². The first kappa shape index (κ1) is 24.4. The molecule has 1 fully saturated rings. The third-order valence-electron chi connectivity index (χ3n) is 6.60. The summed E-state index contributed by atoms with van der Waals surface area (Å²) in [5.74, 6) is 0. The molecule has 2 amide bonds. The second-order valence-corrected chi connectivity index (χ2v) is 9.11. The van der Waals surface area contributed by atoms with Crippen molar-refractivity contribution in [2.75, 3.05) is 27.2 Å². The molecule has 4 heterocycles. The zero-order valence-electron chi connectivity index (χ0n) is 21.0. The quantitative estimate of drug-likeness (QED) is 0.524. The van der Waals surface area contributed by atoms with Crippen molar-refractivity contribution in [3.8, 4) is 11.3 Å². The standard InChI is InChI=1S/C25H35N9O/c1-5-21(6-2)33-16-19(15-29-33)24-23-7-10-28-34(23)17-22(30-24)18(13-26)14-27-20-8-11-32(12-9-20)25(35)31(3)4/h7,10,13-17,20-21H,5-6,8-9,11-12,26H2,1-4H3. The Labute approximate surface area is 206 Å². The molecule has 10 heteroatoms. The molecule has 1 aliphatic rings. The van der Waals surface area contributed by atoms with Gasteiger partial charge in [-0.3, -0.25) is 9.67 Å². The molecule has 4 rings (SSSR count). The first-order valence-electron chi connectivity index (χ1n) is 12.3. The van der Waals surface area contributed by atoms with E-state index in [0.717, 1.165) is 48.0 Å². The largest absolute Gasteiger partial charge is 0.404 e. The fraction of sp³-hybridized carbons (Fsp3) is 0.480. The Morgan fingerprint density at radius 2 is 1.97 bits per heavy atom. The molecule has 2 N–H and O–H groups in total. The van der Waals surface area contributed by atoms with Crippen LogP contribution in [0.4, 0.5) is 4.79 Å². The van der Waals surface area contributed by atoms with Crippen LogP contribution in [-0.4, -0.2) is 79.7 Å². The van der Waals surface area contributed by atoms with Crippen LogP contribution in [0.3, 0.4) is 0 Å². The van der Waals surface area contributed by atoms with E-state index in [0.29, 0.717) is 24.8 Å². The number of hydrogen-bond donors (Lipinski definition) is 1. The van der Waals surface area contributed by atoms with Crippen LogP contribution in [0.15, 0.2) is 42.0 Å². The lowest BCUT2D eigenvalue weighted by atomic mass is 10.1. The third-order valence-corrected chi connectivity index (χ3v) is 6.60. The second kappa shape index (κ2) is 10.7. The second-order valence-electron chi connectivity index (χ2n) is 9.11. The van der Waals surface area contributed by atoms with Gasteiger partial charge in [0.15, 0.2) is 0 Å². The van der Waals surface area contributed by atoms with Gasteiger partial charge in [0.1, 0.15) is 0 Å². The predicted octanol–water partition coefficient (Wildman–Crippen LogP) is 3.47. The van der Waals surface area contributed by atoms with Crippen LogP contribution < -0.4 is 5.73 Å². The summed E-state index contributed by atoms with van der Waals surface area (Å²) in [6, 6.07) is 2.50. The summed E-state index contributed by atoms with van der Waals surface area (Å²) < 4.78 is 3.83. The molecule has 0 atom stereocenters. The maximum Gasteiger partial charge on any atom is 0.319 e. The third kappa shape index (κ3) is 5.21. The van der Waals surface area contributed by atoms with Crippen LogP contribution in [0.25, 0.3) is 22.3 Å². The number of fused-ring (bicyclic) bond motifs is 1. The highest BCUT2D eigenvalue weighted by Crippen LogP contribution is 2.26. The van der Waals surface area contributed by atoms with Crippen molar-refractivity contribution >= 4 is 23.3 Å². The summed E-state index contributed by atoms with van der Waals surface area (Å²) in [4.78, 5) is 25.4. The van der Waals surface area contributed by atoms with Crippen molar-refractivity contribution < 1.29 is 4.79 Å². The maximum atomic E-state index is 12.2. The van der Waals surface area contributed by atoms with Crippen LogP contribution in [-0.2, 0) is 0 Å². The van der Waals surface area contributed by atoms with E-state index in [-0.39, 0.29) is 12.1 Å². The van der Waals surface area contributed by atoms with Gasteiger partial charge in [-0.1, -0.05) is 13.8 Å². The highest BCUT2D eigenvalue weighted by atomic mass is 16.2. The van der Waals surface area contributed by atoms with E-state index in [1.54, 1.807) is 31.4 Å². The van der Waals surface area contributed by atoms with Gasteiger partial charge in [-0.25, -0.2) is 14.3 Å². The van der Waals surface area contributed by atoms with Crippen molar-refractivity contribution in [3.63, 3.8) is 0 Å². The number of likely N-dealkylation sites (tertiary alicyclic amines) is 1. The van der Waals surface area contributed by atoms with Gasteiger partial charge >= 0.3 is 6.03 Å². The number of piperidine rings is 1. The number of amides is 2. The zero-order chi connectivity index (χ0) is 24.9. The summed E-state index contributed by atoms with van der Waals surface area (Å²) >= 11 is 0. The Balaban J connectivity index is 1.56. The molecule has 0 radical (unpaired) electrons. The number of aliphatic imine (C=N–C) groups is 1. The Morgan fingerprint density at radius 1 is 1.23 bits per heavy atom. The van der Waals surface area contributed by atoms with Gasteiger partial charge in [-0.2, -0.15) is 10.2 Å². The molecule has 3 aromatic heterocycles. The lowest BCUT2D eigenvalue weighted by Crippen LogP contribution is -2.44. The SMILES string of the molecule is CCC(CC)n1cc(-c2nc(C(C=NC3CCN(C(=O)N(C)C)CC3)=CN)cn3nccc23)cn1. The Kier molecular flexibility index (Phi) is 7.48. The molecule has 35 heavy (non-hydrogen) atoms. The first-order chi connectivity index (χ1) is 16.9. The minimum absolute atomic E-state index is 0.0479. The van der Waals surface area contributed by atoms with Gasteiger partial charge in [0, 0.05) is 56.9 Å². The van der Waals surface area contributed by atoms with Crippen LogP contribution in [0.1, 0.15) is 51.3 Å². The van der Waals surface area contributed by atoms with Gasteiger partial charge in [0.2, 0.25) is 0 Å². The smallest absolute Gasteiger partial charge is 0.319 e. The van der Waals surface area contributed by atoms with Gasteiger partial charge in [0.25, 0.3) is 0 Å². The van der Waals surface area contributed by atoms with Crippen LogP contribution in [0.2, 0.25) is 0 Å². The van der Waals surface area contributed by atoms with E-state index in [4.69, 9.17) is 15.7 Å². The van der Waals surface area contributed by atoms with Crippen LogP contribution in [0.5, 0.6) is 0 Å². The highest BCUT2D eigenvalue weighted by molar-refractivity contribution is 6.09. The van der Waals surface area contributed by atoms with Crippen molar-refractivity contribution in [3.05, 3.63) is 42.7 Å². The normalized spacial score (nSPS) is 15.6. The minimum atomic E-state index is 0.0479. The van der Waals surface area contributed by atoms with E-state index in [1.807, 2.05) is 32.6 Å². The van der Waals surface area contributed by atoms with Crippen molar-refractivity contribution in [1.29, 1.82) is 0 Å². The maximum absolute atomic E-state index is 12.2. The fourth-order valence-corrected chi connectivity index (χ4v) is 4.47. The molecule has 0 bridgehead atoms. The van der Waals surface area contributed by atoms with Gasteiger partial charge < -0.3 is 15.5 Å². The van der Waals surface area contributed by atoms with E-state index in [9.17, 15) is 4.79 Å². The van der Waals surface area contributed by atoms with Crippen molar-refractivity contribution in [2.45, 2.75) is 51.6 Å². The molecule has 0 saturated carbocycles. The number of nitrogens with two attached hydrogens (primary N) is 1. The molecular formula is C25H35N9O. The number of aromatic nitrogens is 5. The number of hydrogen-bond acceptors (Lipinski definition) is 6. The summed E-state index contributed by atoms with van der Waals surface area (Å²) in [7, 11) is 3.55. The van der Waals surface area contributed by atoms with Crippen molar-refractivity contribution in [2.24, 2.45) is 10.7 Å². The predicted molar refractivity (Wildman–Crippen MR) is 138 cm³/mol. The number of rotatable bonds is 7. The van der Waals surface area contributed by atoms with Gasteiger partial charge in [-0.15, -0.1) is 0 Å². The van der Waals surface area contributed by atoms with E-state index >= 15 is 0 Å². The minimum Gasteiger partial charge on any atom is -0.404 e. The molecule has 186 valence electrons. The van der Waals surface area contributed by atoms with Gasteiger partial charge in [0.05, 0.1) is 47.6 Å². The van der Waals surface area contributed by atoms with E-state index in [1.165, 1.54) is 6.20 Å². The monoisotopic (exact) mass is 477 g/mol. The summed E-state index contributed by atoms with van der Waals surface area (Å²) in [6.07, 6.45) is 14.6. The average Bonchev–Trinajstić information content (AvgIpc) is 3.55. The molecule has 10 nitrogen and oxygen atoms in total. The summed E-state index contributed by atoms with van der Waals surface area (Å²) in [5.41, 5.74) is 10.1. The lowest BCUT2D eigenvalue weighted by molar-refractivity contribution is 0.157. The molecule has 0 unspecified atom stereocenters. The average molecular weight is 478 g/mol. The molecule has 0 aliphatic carbocycles. The topological polar surface area (TPSA) is 110 Å². The molecule has 0 spiro atoms. The van der Waals surface area contributed by atoms with E-state index < -0.39 is 0 Å². The Hall–Kier alpha value is -3.69. The highest BCUT2D eigenvalue weighted by Gasteiger charge is 2.23. The zero-order valence-corrected chi connectivity index (χ0v) is 21.0. The number of carbonyl (C=O) groups is 1. The molecule has 1 aliphatic heterocycles. The number of nitrogens with zero attached hydrogens (tertiary/aromatic N) is 8. The first-order valence-corrected chi connectivity index (χ1v) is 12.3. The summed E-state index contributed by atoms with van der Waals surface area (Å²) in [5, 5.41) is 9.04. The van der Waals surface area contributed by atoms with Crippen LogP contribution >= 0.6 is 0 Å². The Bertz CT molecular complexity index is 1210. The Morgan fingerprint density at radius 3 is 2.63 bits per heavy atom. The molecular weight excluding hydrogens is 442 g/mol.